The van der Waals surface area contributed by atoms with E-state index in [1.807, 2.05) is 20.8 Å². The molecule has 0 saturated carbocycles. The van der Waals surface area contributed by atoms with Crippen LogP contribution in [0.3, 0.4) is 0 Å². The van der Waals surface area contributed by atoms with Gasteiger partial charge >= 0.3 is 0 Å². The minimum atomic E-state index is 0.919. The monoisotopic (exact) mass is 252 g/mol. The van der Waals surface area contributed by atoms with Gasteiger partial charge in [0.15, 0.2) is 0 Å². The van der Waals surface area contributed by atoms with Gasteiger partial charge in [0.1, 0.15) is 11.6 Å². The molecule has 0 spiro atoms. The third-order valence-corrected chi connectivity index (χ3v) is 2.63. The fourth-order valence-electron chi connectivity index (χ4n) is 1.88. The van der Waals surface area contributed by atoms with Crippen molar-refractivity contribution in [2.45, 2.75) is 47.0 Å². The Kier molecular flexibility index (Phi) is 9.19. The Morgan fingerprint density at radius 1 is 1.17 bits per heavy atom. The second-order valence-corrected chi connectivity index (χ2v) is 3.83. The van der Waals surface area contributed by atoms with Crippen LogP contribution < -0.4 is 10.6 Å². The molecule has 4 heteroatoms. The molecule has 18 heavy (non-hydrogen) atoms. The molecule has 1 saturated heterocycles. The Morgan fingerprint density at radius 2 is 1.72 bits per heavy atom. The van der Waals surface area contributed by atoms with Crippen LogP contribution in [0.1, 0.15) is 45.1 Å². The van der Waals surface area contributed by atoms with Crippen LogP contribution in [0.5, 0.6) is 0 Å². The summed E-state index contributed by atoms with van der Waals surface area (Å²) in [6.07, 6.45) is 3.51. The van der Waals surface area contributed by atoms with Crippen molar-refractivity contribution in [2.24, 2.45) is 5.73 Å². The Labute approximate surface area is 112 Å². The second kappa shape index (κ2) is 9.83. The van der Waals surface area contributed by atoms with E-state index in [4.69, 9.17) is 0 Å². The molecular weight excluding hydrogens is 224 g/mol. The van der Waals surface area contributed by atoms with Crippen molar-refractivity contribution < 1.29 is 0 Å². The highest BCUT2D eigenvalue weighted by Crippen LogP contribution is 2.18. The molecule has 1 aliphatic heterocycles. The number of nitrogens with two attached hydrogens (primary N) is 1. The zero-order chi connectivity index (χ0) is 14.0. The zero-order valence-electron chi connectivity index (χ0n) is 12.5. The summed E-state index contributed by atoms with van der Waals surface area (Å²) in [5.41, 5.74) is 5.58. The summed E-state index contributed by atoms with van der Waals surface area (Å²) in [6.45, 7) is 10.4. The van der Waals surface area contributed by atoms with Crippen LogP contribution in [-0.2, 0) is 6.42 Å². The summed E-state index contributed by atoms with van der Waals surface area (Å²) in [6, 6.07) is 2.09. The van der Waals surface area contributed by atoms with Crippen molar-refractivity contribution >= 4 is 5.82 Å². The van der Waals surface area contributed by atoms with Gasteiger partial charge in [-0.15, -0.1) is 0 Å². The molecule has 1 aromatic rings. The van der Waals surface area contributed by atoms with Crippen molar-refractivity contribution in [3.05, 3.63) is 17.6 Å². The summed E-state index contributed by atoms with van der Waals surface area (Å²) >= 11 is 0. The quantitative estimate of drug-likeness (QED) is 0.879. The summed E-state index contributed by atoms with van der Waals surface area (Å²) < 4.78 is 0. The predicted octanol–water partition coefficient (Wildman–Crippen LogP) is 2.55. The Balaban J connectivity index is 0.000000659. The molecule has 0 unspecified atom stereocenters. The van der Waals surface area contributed by atoms with E-state index in [1.54, 1.807) is 0 Å². The van der Waals surface area contributed by atoms with Crippen LogP contribution in [0.2, 0.25) is 0 Å². The SMILES string of the molecule is CC.CCc1nc(C)cc(N2CCCC2)n1.CN. The second-order valence-electron chi connectivity index (χ2n) is 3.83. The number of aromatic nitrogens is 2. The van der Waals surface area contributed by atoms with Crippen LogP contribution in [0.25, 0.3) is 0 Å². The van der Waals surface area contributed by atoms with Crippen LogP contribution in [0.15, 0.2) is 6.07 Å². The molecule has 104 valence electrons. The van der Waals surface area contributed by atoms with E-state index < -0.39 is 0 Å². The Hall–Kier alpha value is -1.16. The molecule has 2 heterocycles. The first-order valence-corrected chi connectivity index (χ1v) is 6.97. The normalized spacial score (nSPS) is 13.3. The highest BCUT2D eigenvalue weighted by molar-refractivity contribution is 5.40. The molecule has 1 fully saturated rings. The number of hydrogen-bond acceptors (Lipinski definition) is 4. The first-order valence-electron chi connectivity index (χ1n) is 6.97. The van der Waals surface area contributed by atoms with E-state index in [2.05, 4.69) is 33.6 Å². The van der Waals surface area contributed by atoms with E-state index in [1.165, 1.54) is 19.9 Å². The molecule has 2 N–H and O–H groups in total. The minimum Gasteiger partial charge on any atom is -0.357 e. The van der Waals surface area contributed by atoms with Crippen molar-refractivity contribution in [1.82, 2.24) is 9.97 Å². The van der Waals surface area contributed by atoms with E-state index in [9.17, 15) is 0 Å². The minimum absolute atomic E-state index is 0.919. The third kappa shape index (κ3) is 5.00. The highest BCUT2D eigenvalue weighted by Gasteiger charge is 2.14. The lowest BCUT2D eigenvalue weighted by Crippen LogP contribution is -2.20. The lowest BCUT2D eigenvalue weighted by molar-refractivity contribution is 0.866. The van der Waals surface area contributed by atoms with Gasteiger partial charge in [-0.25, -0.2) is 9.97 Å². The Morgan fingerprint density at radius 3 is 2.22 bits per heavy atom. The fourth-order valence-corrected chi connectivity index (χ4v) is 1.88. The molecular formula is C14H28N4. The number of aryl methyl sites for hydroxylation is 2. The maximum absolute atomic E-state index is 4.55. The average Bonchev–Trinajstić information content (AvgIpc) is 2.96. The van der Waals surface area contributed by atoms with Crippen molar-refractivity contribution in [3.8, 4) is 0 Å². The first-order chi connectivity index (χ1) is 8.79. The van der Waals surface area contributed by atoms with Crippen LogP contribution in [-0.4, -0.2) is 30.1 Å². The maximum Gasteiger partial charge on any atom is 0.132 e. The molecule has 0 atom stereocenters. The third-order valence-electron chi connectivity index (χ3n) is 2.63. The number of rotatable bonds is 2. The molecule has 0 aliphatic carbocycles. The lowest BCUT2D eigenvalue weighted by Gasteiger charge is -2.17. The smallest absolute Gasteiger partial charge is 0.132 e. The molecule has 4 nitrogen and oxygen atoms in total. The van der Waals surface area contributed by atoms with Crippen LogP contribution in [0.4, 0.5) is 5.82 Å². The molecule has 0 radical (unpaired) electrons. The molecule has 2 rings (SSSR count). The van der Waals surface area contributed by atoms with Gasteiger partial charge in [0.25, 0.3) is 0 Å². The van der Waals surface area contributed by atoms with Gasteiger partial charge in [0.05, 0.1) is 0 Å². The summed E-state index contributed by atoms with van der Waals surface area (Å²) in [4.78, 5) is 11.3. The topological polar surface area (TPSA) is 55.0 Å². The number of nitrogens with zero attached hydrogens (tertiary/aromatic N) is 3. The zero-order valence-corrected chi connectivity index (χ0v) is 12.5. The van der Waals surface area contributed by atoms with Crippen molar-refractivity contribution in [1.29, 1.82) is 0 Å². The summed E-state index contributed by atoms with van der Waals surface area (Å²) in [5.74, 6) is 2.08. The Bertz CT molecular complexity index is 320. The number of anilines is 1. The van der Waals surface area contributed by atoms with Crippen LogP contribution in [0, 0.1) is 6.92 Å². The molecule has 1 aliphatic rings. The van der Waals surface area contributed by atoms with E-state index in [0.717, 1.165) is 36.8 Å². The average molecular weight is 252 g/mol. The fraction of sp³-hybridized carbons (Fsp3) is 0.714. The van der Waals surface area contributed by atoms with Gasteiger partial charge in [0.2, 0.25) is 0 Å². The molecule has 0 bridgehead atoms. The van der Waals surface area contributed by atoms with E-state index in [0.29, 0.717) is 0 Å². The standard InChI is InChI=1S/C11H17N3.C2H6.CH5N/c1-3-10-12-9(2)8-11(13-10)14-6-4-5-7-14;2*1-2/h8H,3-7H2,1-2H3;1-2H3;2H2,1H3. The van der Waals surface area contributed by atoms with Gasteiger partial charge in [0, 0.05) is 31.3 Å². The van der Waals surface area contributed by atoms with Crippen LogP contribution >= 0.6 is 0 Å². The van der Waals surface area contributed by atoms with E-state index in [-0.39, 0.29) is 0 Å². The van der Waals surface area contributed by atoms with Gasteiger partial charge in [-0.3, -0.25) is 0 Å². The summed E-state index contributed by atoms with van der Waals surface area (Å²) in [7, 11) is 1.50. The lowest BCUT2D eigenvalue weighted by atomic mass is 10.3. The van der Waals surface area contributed by atoms with Crippen molar-refractivity contribution in [3.63, 3.8) is 0 Å². The van der Waals surface area contributed by atoms with Gasteiger partial charge in [-0.05, 0) is 26.8 Å². The first kappa shape index (κ1) is 16.8. The number of hydrogen-bond donors (Lipinski definition) is 1. The predicted molar refractivity (Wildman–Crippen MR) is 79.1 cm³/mol. The largest absolute Gasteiger partial charge is 0.357 e. The van der Waals surface area contributed by atoms with Gasteiger partial charge in [-0.1, -0.05) is 20.8 Å². The highest BCUT2D eigenvalue weighted by atomic mass is 15.2. The summed E-state index contributed by atoms with van der Waals surface area (Å²) in [5, 5.41) is 0. The van der Waals surface area contributed by atoms with Crippen molar-refractivity contribution in [2.75, 3.05) is 25.0 Å². The molecule has 0 aromatic carbocycles. The molecule has 0 amide bonds. The van der Waals surface area contributed by atoms with Gasteiger partial charge < -0.3 is 10.6 Å². The van der Waals surface area contributed by atoms with E-state index >= 15 is 0 Å². The maximum atomic E-state index is 4.55. The van der Waals surface area contributed by atoms with Gasteiger partial charge in [-0.2, -0.15) is 0 Å². The molecule has 1 aromatic heterocycles.